The molecule has 1 fully saturated rings. The van der Waals surface area contributed by atoms with Gasteiger partial charge in [-0.3, -0.25) is 4.90 Å². The lowest BCUT2D eigenvalue weighted by molar-refractivity contribution is -0.00720. The van der Waals surface area contributed by atoms with Crippen LogP contribution in [0.25, 0.3) is 11.1 Å². The summed E-state index contributed by atoms with van der Waals surface area (Å²) in [5, 5.41) is 12.4. The molecule has 2 amide bonds. The Hall–Kier alpha value is -4.31. The van der Waals surface area contributed by atoms with E-state index >= 15 is 0 Å². The number of fused-ring (bicyclic) bond motifs is 3. The molecule has 2 aliphatic rings. The van der Waals surface area contributed by atoms with E-state index in [1.807, 2.05) is 36.4 Å². The van der Waals surface area contributed by atoms with Gasteiger partial charge < -0.3 is 29.1 Å². The maximum Gasteiger partial charge on any atom is 0.410 e. The number of furan rings is 1. The largest absolute Gasteiger partial charge is 0.475 e. The Morgan fingerprint density at radius 1 is 1.02 bits per heavy atom. The Bertz CT molecular complexity index is 1380. The van der Waals surface area contributed by atoms with Gasteiger partial charge in [0.15, 0.2) is 0 Å². The number of alkyl carbamates (subject to hydrolysis) is 1. The van der Waals surface area contributed by atoms with E-state index in [2.05, 4.69) is 17.4 Å². The van der Waals surface area contributed by atoms with Gasteiger partial charge in [0.25, 0.3) is 0 Å². The molecule has 0 unspecified atom stereocenters. The number of nitrogens with zero attached hydrogens (tertiary/aromatic N) is 1. The minimum absolute atomic E-state index is 0.0912. The molecule has 0 bridgehead atoms. The molecule has 10 nitrogen and oxygen atoms in total. The van der Waals surface area contributed by atoms with Crippen molar-refractivity contribution in [2.24, 2.45) is 0 Å². The first-order chi connectivity index (χ1) is 19.6. The number of benzene rings is 2. The fourth-order valence-corrected chi connectivity index (χ4v) is 5.52. The molecule has 0 radical (unpaired) electrons. The molecule has 2 aromatic carbocycles. The third-order valence-electron chi connectivity index (χ3n) is 7.27. The first-order valence-electron chi connectivity index (χ1n) is 13.6. The number of rotatable bonds is 7. The van der Waals surface area contributed by atoms with Crippen LogP contribution in [0.5, 0.6) is 0 Å². The van der Waals surface area contributed by atoms with Crippen molar-refractivity contribution in [3.63, 3.8) is 0 Å². The van der Waals surface area contributed by atoms with Crippen molar-refractivity contribution in [2.75, 3.05) is 19.8 Å². The Labute approximate surface area is 238 Å². The molecule has 2 N–H and O–H groups in total. The molecule has 0 saturated carbocycles. The van der Waals surface area contributed by atoms with Gasteiger partial charge in [-0.25, -0.2) is 14.4 Å². The van der Waals surface area contributed by atoms with Crippen molar-refractivity contribution in [3.05, 3.63) is 83.3 Å². The van der Waals surface area contributed by atoms with Crippen LogP contribution in [0, 0.1) is 0 Å². The quantitative estimate of drug-likeness (QED) is 0.391. The molecule has 41 heavy (non-hydrogen) atoms. The van der Waals surface area contributed by atoms with E-state index in [4.69, 9.17) is 18.6 Å². The van der Waals surface area contributed by atoms with Gasteiger partial charge in [0, 0.05) is 18.1 Å². The number of hydrogen-bond acceptors (Lipinski definition) is 7. The SMILES string of the molecule is CC(C)(C)OC(=O)N[C@@H]1COCC[C@@H]1N(Cc1ccoc1C(=O)O)C(=O)OCC1c2ccccc2-c2ccccc21. The predicted molar refractivity (Wildman–Crippen MR) is 149 cm³/mol. The monoisotopic (exact) mass is 562 g/mol. The van der Waals surface area contributed by atoms with E-state index < -0.39 is 35.8 Å². The van der Waals surface area contributed by atoms with Crippen LogP contribution in [-0.4, -0.2) is 65.7 Å². The van der Waals surface area contributed by atoms with Gasteiger partial charge in [0.05, 0.1) is 31.5 Å². The lowest BCUT2D eigenvalue weighted by Crippen LogP contribution is -2.58. The van der Waals surface area contributed by atoms with E-state index in [1.54, 1.807) is 20.8 Å². The highest BCUT2D eigenvalue weighted by molar-refractivity contribution is 5.86. The first kappa shape index (κ1) is 28.2. The molecule has 3 aromatic rings. The Balaban J connectivity index is 1.40. The number of carbonyl (C=O) groups is 3. The summed E-state index contributed by atoms with van der Waals surface area (Å²) in [4.78, 5) is 39.7. The molecule has 10 heteroatoms. The summed E-state index contributed by atoms with van der Waals surface area (Å²) in [5.74, 6) is -1.65. The summed E-state index contributed by atoms with van der Waals surface area (Å²) in [6, 6.07) is 16.4. The van der Waals surface area contributed by atoms with Crippen molar-refractivity contribution < 1.29 is 38.1 Å². The van der Waals surface area contributed by atoms with E-state index in [1.165, 1.54) is 17.2 Å². The van der Waals surface area contributed by atoms with Gasteiger partial charge in [0.1, 0.15) is 12.2 Å². The molecule has 1 aliphatic carbocycles. The zero-order chi connectivity index (χ0) is 29.1. The van der Waals surface area contributed by atoms with Crippen LogP contribution in [-0.2, 0) is 20.8 Å². The molecule has 1 aromatic heterocycles. The summed E-state index contributed by atoms with van der Waals surface area (Å²) < 4.78 is 22.2. The topological polar surface area (TPSA) is 128 Å². The Kier molecular flexibility index (Phi) is 8.03. The van der Waals surface area contributed by atoms with Crippen LogP contribution in [0.2, 0.25) is 0 Å². The molecule has 216 valence electrons. The van der Waals surface area contributed by atoms with Crippen LogP contribution in [0.1, 0.15) is 60.4 Å². The smallest absolute Gasteiger partial charge is 0.410 e. The predicted octanol–water partition coefficient (Wildman–Crippen LogP) is 5.41. The van der Waals surface area contributed by atoms with Gasteiger partial charge in [-0.1, -0.05) is 48.5 Å². The van der Waals surface area contributed by atoms with Crippen molar-refractivity contribution in [3.8, 4) is 11.1 Å². The summed E-state index contributed by atoms with van der Waals surface area (Å²) >= 11 is 0. The lowest BCUT2D eigenvalue weighted by atomic mass is 9.98. The third-order valence-corrected chi connectivity index (χ3v) is 7.27. The normalized spacial score (nSPS) is 18.2. The van der Waals surface area contributed by atoms with Gasteiger partial charge in [-0.15, -0.1) is 0 Å². The van der Waals surface area contributed by atoms with E-state index in [0.717, 1.165) is 22.3 Å². The van der Waals surface area contributed by atoms with Gasteiger partial charge in [-0.2, -0.15) is 0 Å². The number of hydrogen-bond donors (Lipinski definition) is 2. The van der Waals surface area contributed by atoms with Gasteiger partial charge in [0.2, 0.25) is 5.76 Å². The second-order valence-electron chi connectivity index (χ2n) is 11.2. The maximum atomic E-state index is 13.8. The first-order valence-corrected chi connectivity index (χ1v) is 13.6. The van der Waals surface area contributed by atoms with Crippen molar-refractivity contribution in [1.29, 1.82) is 0 Å². The Morgan fingerprint density at radius 3 is 2.32 bits per heavy atom. The zero-order valence-electron chi connectivity index (χ0n) is 23.3. The summed E-state index contributed by atoms with van der Waals surface area (Å²) in [6.45, 7) is 5.78. The molecule has 0 spiro atoms. The third kappa shape index (κ3) is 6.22. The highest BCUT2D eigenvalue weighted by Crippen LogP contribution is 2.44. The fourth-order valence-electron chi connectivity index (χ4n) is 5.52. The van der Waals surface area contributed by atoms with Gasteiger partial charge >= 0.3 is 18.2 Å². The van der Waals surface area contributed by atoms with Crippen molar-refractivity contribution in [1.82, 2.24) is 10.2 Å². The second-order valence-corrected chi connectivity index (χ2v) is 11.2. The van der Waals surface area contributed by atoms with Crippen molar-refractivity contribution >= 4 is 18.2 Å². The number of carboxylic acid groups (broad SMARTS) is 1. The van der Waals surface area contributed by atoms with Crippen LogP contribution in [0.3, 0.4) is 0 Å². The summed E-state index contributed by atoms with van der Waals surface area (Å²) in [5.41, 5.74) is 3.97. The highest BCUT2D eigenvalue weighted by atomic mass is 16.6. The molecule has 5 rings (SSSR count). The standard InChI is InChI=1S/C31H34N2O8/c1-31(2,3)41-29(36)32-25-18-38-14-13-26(25)33(16-19-12-15-39-27(19)28(34)35)30(37)40-17-24-22-10-6-4-8-20(22)21-9-5-7-11-23(21)24/h4-12,15,24-26H,13-14,16-18H2,1-3H3,(H,32,36)(H,34,35)/t25-,26+/m1/s1. The van der Waals surface area contributed by atoms with Crippen molar-refractivity contribution in [2.45, 2.75) is 57.3 Å². The number of aromatic carboxylic acids is 1. The lowest BCUT2D eigenvalue weighted by Gasteiger charge is -2.39. The van der Waals surface area contributed by atoms with Crippen LogP contribution in [0.4, 0.5) is 9.59 Å². The number of carbonyl (C=O) groups excluding carboxylic acids is 2. The minimum Gasteiger partial charge on any atom is -0.475 e. The van der Waals surface area contributed by atoms with Crippen LogP contribution < -0.4 is 5.32 Å². The number of amides is 2. The molecule has 2 atom stereocenters. The maximum absolute atomic E-state index is 13.8. The summed E-state index contributed by atoms with van der Waals surface area (Å²) in [6.07, 6.45) is 0.396. The molecular weight excluding hydrogens is 528 g/mol. The van der Waals surface area contributed by atoms with E-state index in [9.17, 15) is 19.5 Å². The second kappa shape index (κ2) is 11.7. The van der Waals surface area contributed by atoms with Crippen LogP contribution >= 0.6 is 0 Å². The van der Waals surface area contributed by atoms with E-state index in [0.29, 0.717) is 18.6 Å². The molecule has 1 saturated heterocycles. The minimum atomic E-state index is -1.24. The van der Waals surface area contributed by atoms with Gasteiger partial charge in [-0.05, 0) is 55.5 Å². The van der Waals surface area contributed by atoms with E-state index in [-0.39, 0.29) is 31.4 Å². The molecule has 1 aliphatic heterocycles. The number of nitrogens with one attached hydrogen (secondary N) is 1. The van der Waals surface area contributed by atoms with Crippen LogP contribution in [0.15, 0.2) is 65.3 Å². The molecular formula is C31H34N2O8. The number of ether oxygens (including phenoxy) is 3. The molecule has 2 heterocycles. The Morgan fingerprint density at radius 2 is 1.68 bits per heavy atom. The average molecular weight is 563 g/mol. The zero-order valence-corrected chi connectivity index (χ0v) is 23.3. The summed E-state index contributed by atoms with van der Waals surface area (Å²) in [7, 11) is 0. The average Bonchev–Trinajstić information content (AvgIpc) is 3.52. The number of carboxylic acids is 1. The fraction of sp³-hybridized carbons (Fsp3) is 0.387. The highest BCUT2D eigenvalue weighted by Gasteiger charge is 2.38.